The summed E-state index contributed by atoms with van der Waals surface area (Å²) in [5, 5.41) is 26.3. The standard InChI is InChI=1S/C17H15N3O3/c1-11(7-9-16(22)23)6-8-12-10-14(19-20-17(12)18)13-4-2-3-5-15(13)21/h2-5,10,21H,1,7,9H2,(H2,18,20)(H,22,23). The number of carbonyl (C=O) groups is 1. The van der Waals surface area contributed by atoms with E-state index in [1.165, 1.54) is 0 Å². The van der Waals surface area contributed by atoms with Crippen LogP contribution in [0.3, 0.4) is 0 Å². The van der Waals surface area contributed by atoms with Gasteiger partial charge in [0.15, 0.2) is 5.82 Å². The van der Waals surface area contributed by atoms with Crippen molar-refractivity contribution in [1.29, 1.82) is 0 Å². The maximum atomic E-state index is 10.5. The van der Waals surface area contributed by atoms with Gasteiger partial charge in [-0.3, -0.25) is 4.79 Å². The Kier molecular flexibility index (Phi) is 4.95. The normalized spacial score (nSPS) is 9.74. The van der Waals surface area contributed by atoms with Gasteiger partial charge in [-0.25, -0.2) is 0 Å². The lowest BCUT2D eigenvalue weighted by Crippen LogP contribution is -1.99. The van der Waals surface area contributed by atoms with Crippen molar-refractivity contribution in [3.63, 3.8) is 0 Å². The van der Waals surface area contributed by atoms with Crippen LogP contribution in [-0.2, 0) is 4.79 Å². The fraction of sp³-hybridized carbons (Fsp3) is 0.118. The largest absolute Gasteiger partial charge is 0.507 e. The summed E-state index contributed by atoms with van der Waals surface area (Å²) in [6, 6.07) is 8.35. The van der Waals surface area contributed by atoms with Gasteiger partial charge in [-0.2, -0.15) is 0 Å². The third-order valence-corrected chi connectivity index (χ3v) is 3.02. The minimum Gasteiger partial charge on any atom is -0.507 e. The number of rotatable bonds is 4. The highest BCUT2D eigenvalue weighted by atomic mass is 16.4. The van der Waals surface area contributed by atoms with Gasteiger partial charge in [0.1, 0.15) is 5.75 Å². The molecule has 0 saturated heterocycles. The molecule has 0 aliphatic rings. The lowest BCUT2D eigenvalue weighted by atomic mass is 10.1. The highest BCUT2D eigenvalue weighted by Crippen LogP contribution is 2.27. The fourth-order valence-electron chi connectivity index (χ4n) is 1.80. The van der Waals surface area contributed by atoms with Gasteiger partial charge in [0.05, 0.1) is 11.3 Å². The van der Waals surface area contributed by atoms with Crippen LogP contribution >= 0.6 is 0 Å². The predicted octanol–water partition coefficient (Wildman–Crippen LogP) is 2.20. The van der Waals surface area contributed by atoms with Crippen LogP contribution < -0.4 is 5.73 Å². The monoisotopic (exact) mass is 309 g/mol. The molecule has 1 aromatic carbocycles. The van der Waals surface area contributed by atoms with E-state index in [1.807, 2.05) is 0 Å². The van der Waals surface area contributed by atoms with E-state index >= 15 is 0 Å². The van der Waals surface area contributed by atoms with Crippen molar-refractivity contribution >= 4 is 11.8 Å². The van der Waals surface area contributed by atoms with Crippen molar-refractivity contribution in [2.24, 2.45) is 0 Å². The quantitative estimate of drug-likeness (QED) is 0.747. The number of aromatic nitrogens is 2. The van der Waals surface area contributed by atoms with Crippen LogP contribution in [0.4, 0.5) is 5.82 Å². The molecule has 0 amide bonds. The van der Waals surface area contributed by atoms with Crippen molar-refractivity contribution in [3.05, 3.63) is 48.0 Å². The van der Waals surface area contributed by atoms with E-state index in [0.29, 0.717) is 22.4 Å². The molecule has 6 heteroatoms. The molecular formula is C17H15N3O3. The number of anilines is 1. The Morgan fingerprint density at radius 1 is 1.26 bits per heavy atom. The first kappa shape index (κ1) is 16.0. The predicted molar refractivity (Wildman–Crippen MR) is 86.4 cm³/mol. The Morgan fingerprint density at radius 2 is 2.00 bits per heavy atom. The number of hydrogen-bond acceptors (Lipinski definition) is 5. The molecule has 0 spiro atoms. The van der Waals surface area contributed by atoms with Crippen LogP contribution in [0, 0.1) is 11.8 Å². The molecule has 1 heterocycles. The highest BCUT2D eigenvalue weighted by Gasteiger charge is 2.08. The molecule has 2 aromatic rings. The van der Waals surface area contributed by atoms with Crippen LogP contribution in [0.1, 0.15) is 18.4 Å². The third kappa shape index (κ3) is 4.32. The Balaban J connectivity index is 2.27. The zero-order valence-corrected chi connectivity index (χ0v) is 12.3. The summed E-state index contributed by atoms with van der Waals surface area (Å²) in [5.41, 5.74) is 7.65. The van der Waals surface area contributed by atoms with E-state index in [2.05, 4.69) is 28.6 Å². The number of nitrogens with zero attached hydrogens (tertiary/aromatic N) is 2. The Bertz CT molecular complexity index is 819. The van der Waals surface area contributed by atoms with Gasteiger partial charge in [0.2, 0.25) is 0 Å². The summed E-state index contributed by atoms with van der Waals surface area (Å²) in [6.45, 7) is 3.71. The first-order valence-electron chi connectivity index (χ1n) is 6.80. The smallest absolute Gasteiger partial charge is 0.303 e. The average molecular weight is 309 g/mol. The number of nitrogens with two attached hydrogens (primary N) is 1. The van der Waals surface area contributed by atoms with Gasteiger partial charge < -0.3 is 15.9 Å². The number of carboxylic acids is 1. The molecule has 6 nitrogen and oxygen atoms in total. The molecule has 23 heavy (non-hydrogen) atoms. The Labute approximate surface area is 133 Å². The molecule has 2 rings (SSSR count). The van der Waals surface area contributed by atoms with Gasteiger partial charge in [-0.15, -0.1) is 10.2 Å². The second-order valence-electron chi connectivity index (χ2n) is 4.79. The molecule has 0 unspecified atom stereocenters. The molecule has 1 aromatic heterocycles. The average Bonchev–Trinajstić information content (AvgIpc) is 2.53. The number of phenols is 1. The number of nitrogen functional groups attached to an aromatic ring is 1. The number of para-hydroxylation sites is 1. The lowest BCUT2D eigenvalue weighted by Gasteiger charge is -2.04. The molecular weight excluding hydrogens is 294 g/mol. The minimum absolute atomic E-state index is 0.0271. The van der Waals surface area contributed by atoms with Crippen LogP contribution in [0.2, 0.25) is 0 Å². The number of aromatic hydroxyl groups is 1. The second kappa shape index (κ2) is 7.09. The van der Waals surface area contributed by atoms with Crippen LogP contribution in [0.5, 0.6) is 5.75 Å². The maximum Gasteiger partial charge on any atom is 0.303 e. The highest BCUT2D eigenvalue weighted by molar-refractivity contribution is 5.69. The van der Waals surface area contributed by atoms with E-state index in [-0.39, 0.29) is 24.4 Å². The summed E-state index contributed by atoms with van der Waals surface area (Å²) < 4.78 is 0. The lowest BCUT2D eigenvalue weighted by molar-refractivity contribution is -0.136. The van der Waals surface area contributed by atoms with Gasteiger partial charge in [0.25, 0.3) is 0 Å². The maximum absolute atomic E-state index is 10.5. The zero-order valence-electron chi connectivity index (χ0n) is 12.3. The van der Waals surface area contributed by atoms with Crippen LogP contribution in [0.25, 0.3) is 11.3 Å². The van der Waals surface area contributed by atoms with Gasteiger partial charge >= 0.3 is 5.97 Å². The first-order chi connectivity index (χ1) is 11.0. The molecule has 0 saturated carbocycles. The third-order valence-electron chi connectivity index (χ3n) is 3.02. The summed E-state index contributed by atoms with van der Waals surface area (Å²) in [6.07, 6.45) is 0.244. The van der Waals surface area contributed by atoms with E-state index in [0.717, 1.165) is 0 Å². The molecule has 4 N–H and O–H groups in total. The summed E-state index contributed by atoms with van der Waals surface area (Å²) in [4.78, 5) is 10.5. The van der Waals surface area contributed by atoms with Crippen molar-refractivity contribution < 1.29 is 15.0 Å². The number of allylic oxidation sites excluding steroid dienone is 1. The van der Waals surface area contributed by atoms with Crippen molar-refractivity contribution in [1.82, 2.24) is 10.2 Å². The minimum atomic E-state index is -0.903. The van der Waals surface area contributed by atoms with E-state index in [4.69, 9.17) is 10.8 Å². The number of hydrogen-bond donors (Lipinski definition) is 3. The van der Waals surface area contributed by atoms with Crippen molar-refractivity contribution in [3.8, 4) is 28.8 Å². The number of aliphatic carboxylic acids is 1. The zero-order chi connectivity index (χ0) is 16.8. The summed E-state index contributed by atoms with van der Waals surface area (Å²) >= 11 is 0. The second-order valence-corrected chi connectivity index (χ2v) is 4.79. The van der Waals surface area contributed by atoms with E-state index in [9.17, 15) is 9.90 Å². The summed E-state index contributed by atoms with van der Waals surface area (Å²) in [5.74, 6) is 4.92. The molecule has 116 valence electrons. The SMILES string of the molecule is C=C(C#Cc1cc(-c2ccccc2O)nnc1N)CCC(=O)O. The van der Waals surface area contributed by atoms with E-state index < -0.39 is 5.97 Å². The molecule has 0 aliphatic carbocycles. The van der Waals surface area contributed by atoms with Crippen molar-refractivity contribution in [2.75, 3.05) is 5.73 Å². The fourth-order valence-corrected chi connectivity index (χ4v) is 1.80. The number of phenolic OH excluding ortho intramolecular Hbond substituents is 1. The van der Waals surface area contributed by atoms with Crippen LogP contribution in [0.15, 0.2) is 42.5 Å². The molecule has 0 radical (unpaired) electrons. The van der Waals surface area contributed by atoms with Crippen LogP contribution in [-0.4, -0.2) is 26.4 Å². The molecule has 0 atom stereocenters. The van der Waals surface area contributed by atoms with Gasteiger partial charge in [-0.05, 0) is 30.2 Å². The summed E-state index contributed by atoms with van der Waals surface area (Å²) in [7, 11) is 0. The topological polar surface area (TPSA) is 109 Å². The Hall–Kier alpha value is -3.33. The van der Waals surface area contributed by atoms with E-state index in [1.54, 1.807) is 30.3 Å². The molecule has 0 fully saturated rings. The number of carboxylic acid groups (broad SMARTS) is 1. The van der Waals surface area contributed by atoms with Gasteiger partial charge in [-0.1, -0.05) is 30.6 Å². The molecule has 0 bridgehead atoms. The molecule has 0 aliphatic heterocycles. The van der Waals surface area contributed by atoms with Crippen molar-refractivity contribution in [2.45, 2.75) is 12.8 Å². The van der Waals surface area contributed by atoms with Gasteiger partial charge in [0, 0.05) is 12.0 Å². The first-order valence-corrected chi connectivity index (χ1v) is 6.80. The Morgan fingerprint density at radius 3 is 2.70 bits per heavy atom. The number of benzene rings is 1.